The Morgan fingerprint density at radius 1 is 1.21 bits per heavy atom. The minimum atomic E-state index is -0.291. The number of piperidine rings is 1. The van der Waals surface area contributed by atoms with Gasteiger partial charge in [0.1, 0.15) is 0 Å². The van der Waals surface area contributed by atoms with Crippen molar-refractivity contribution in [3.05, 3.63) is 0 Å². The highest BCUT2D eigenvalue weighted by Crippen LogP contribution is 2.22. The van der Waals surface area contributed by atoms with Crippen LogP contribution >= 0.6 is 0 Å². The van der Waals surface area contributed by atoms with Gasteiger partial charge in [-0.15, -0.1) is 0 Å². The maximum atomic E-state index is 11.1. The predicted molar refractivity (Wildman–Crippen MR) is 78.4 cm³/mol. The predicted octanol–water partition coefficient (Wildman–Crippen LogP) is 3.17. The molecule has 19 heavy (non-hydrogen) atoms. The van der Waals surface area contributed by atoms with Crippen LogP contribution in [-0.4, -0.2) is 42.8 Å². The fourth-order valence-electron chi connectivity index (χ4n) is 2.88. The number of alkyl carbamates (subject to hydrolysis) is 1. The van der Waals surface area contributed by atoms with Gasteiger partial charge in [0, 0.05) is 18.6 Å². The van der Waals surface area contributed by atoms with E-state index in [1.807, 2.05) is 6.92 Å². The van der Waals surface area contributed by atoms with Gasteiger partial charge in [0.25, 0.3) is 0 Å². The number of nitrogens with one attached hydrogen (secondary N) is 1. The summed E-state index contributed by atoms with van der Waals surface area (Å²) >= 11 is 0. The van der Waals surface area contributed by atoms with Crippen molar-refractivity contribution in [1.29, 1.82) is 0 Å². The van der Waals surface area contributed by atoms with Gasteiger partial charge in [-0.1, -0.05) is 12.8 Å². The number of hydrogen-bond donors (Lipinski definition) is 1. The highest BCUT2D eigenvalue weighted by atomic mass is 16.5. The van der Waals surface area contributed by atoms with Crippen molar-refractivity contribution in [2.24, 2.45) is 0 Å². The molecule has 1 amide bonds. The fourth-order valence-corrected chi connectivity index (χ4v) is 2.88. The first-order valence-corrected chi connectivity index (χ1v) is 7.81. The van der Waals surface area contributed by atoms with Crippen molar-refractivity contribution in [3.8, 4) is 0 Å². The topological polar surface area (TPSA) is 41.6 Å². The number of carbonyl (C=O) groups excluding carboxylic acids is 1. The van der Waals surface area contributed by atoms with Crippen LogP contribution in [-0.2, 0) is 4.74 Å². The van der Waals surface area contributed by atoms with Crippen molar-refractivity contribution < 1.29 is 9.53 Å². The van der Waals surface area contributed by atoms with Crippen molar-refractivity contribution in [2.75, 3.05) is 19.7 Å². The number of ether oxygens (including phenoxy) is 1. The van der Waals surface area contributed by atoms with Gasteiger partial charge in [0.2, 0.25) is 0 Å². The number of likely N-dealkylation sites (tertiary alicyclic amines) is 1. The van der Waals surface area contributed by atoms with Gasteiger partial charge in [-0.2, -0.15) is 0 Å². The van der Waals surface area contributed by atoms with E-state index in [0.717, 1.165) is 25.0 Å². The fraction of sp³-hybridized carbons (Fsp3) is 0.933. The summed E-state index contributed by atoms with van der Waals surface area (Å²) in [6.07, 6.45) is 7.20. The van der Waals surface area contributed by atoms with E-state index in [1.165, 1.54) is 38.6 Å². The maximum Gasteiger partial charge on any atom is 0.407 e. The van der Waals surface area contributed by atoms with E-state index in [4.69, 9.17) is 4.74 Å². The van der Waals surface area contributed by atoms with Crippen LogP contribution in [0.25, 0.3) is 0 Å². The first-order chi connectivity index (χ1) is 9.15. The van der Waals surface area contributed by atoms with Crippen LogP contribution in [0.1, 0.15) is 59.3 Å². The average Bonchev–Trinajstić information content (AvgIpc) is 2.36. The van der Waals surface area contributed by atoms with E-state index in [9.17, 15) is 4.79 Å². The van der Waals surface area contributed by atoms with Gasteiger partial charge in [-0.3, -0.25) is 4.90 Å². The summed E-state index contributed by atoms with van der Waals surface area (Å²) < 4.78 is 4.81. The number of carbonyl (C=O) groups is 1. The summed E-state index contributed by atoms with van der Waals surface area (Å²) in [6.45, 7) is 8.87. The summed E-state index contributed by atoms with van der Waals surface area (Å²) in [5.74, 6) is 0. The third kappa shape index (κ3) is 6.28. The molecule has 4 heteroatoms. The molecule has 1 rings (SSSR count). The van der Waals surface area contributed by atoms with E-state index in [1.54, 1.807) is 0 Å². The van der Waals surface area contributed by atoms with Crippen molar-refractivity contribution >= 4 is 6.09 Å². The van der Waals surface area contributed by atoms with Crippen LogP contribution in [0.4, 0.5) is 4.79 Å². The van der Waals surface area contributed by atoms with Crippen molar-refractivity contribution in [3.63, 3.8) is 0 Å². The van der Waals surface area contributed by atoms with E-state index in [0.29, 0.717) is 6.61 Å². The highest BCUT2D eigenvalue weighted by molar-refractivity contribution is 5.66. The zero-order valence-corrected chi connectivity index (χ0v) is 12.8. The monoisotopic (exact) mass is 270 g/mol. The van der Waals surface area contributed by atoms with Crippen LogP contribution in [0.15, 0.2) is 0 Å². The molecule has 0 bridgehead atoms. The Labute approximate surface area is 117 Å². The molecule has 0 aromatic heterocycles. The molecule has 112 valence electrons. The Morgan fingerprint density at radius 3 is 2.53 bits per heavy atom. The van der Waals surface area contributed by atoms with Crippen LogP contribution in [0.2, 0.25) is 0 Å². The second kappa shape index (κ2) is 9.18. The summed E-state index contributed by atoms with van der Waals surface area (Å²) in [7, 11) is 0. The van der Waals surface area contributed by atoms with Gasteiger partial charge in [-0.05, 0) is 53.0 Å². The number of rotatable bonds is 7. The van der Waals surface area contributed by atoms with Gasteiger partial charge in [0.15, 0.2) is 0 Å². The SMILES string of the molecule is CCOC(=O)NCCCCCN1[C@@H](C)CCC[C@@H]1C. The molecular formula is C15H30N2O2. The second-order valence-corrected chi connectivity index (χ2v) is 5.57. The molecule has 0 radical (unpaired) electrons. The molecule has 0 aromatic rings. The van der Waals surface area contributed by atoms with E-state index in [2.05, 4.69) is 24.1 Å². The molecule has 4 nitrogen and oxygen atoms in total. The largest absolute Gasteiger partial charge is 0.450 e. The molecule has 0 aliphatic carbocycles. The minimum absolute atomic E-state index is 0.291. The quantitative estimate of drug-likeness (QED) is 0.722. The lowest BCUT2D eigenvalue weighted by Gasteiger charge is -2.39. The van der Waals surface area contributed by atoms with Gasteiger partial charge in [0.05, 0.1) is 6.61 Å². The zero-order chi connectivity index (χ0) is 14.1. The maximum absolute atomic E-state index is 11.1. The summed E-state index contributed by atoms with van der Waals surface area (Å²) in [5, 5.41) is 2.76. The number of amides is 1. The molecule has 0 saturated carbocycles. The Balaban J connectivity index is 2.02. The lowest BCUT2D eigenvalue weighted by atomic mass is 9.97. The van der Waals surface area contributed by atoms with E-state index >= 15 is 0 Å². The van der Waals surface area contributed by atoms with Crippen LogP contribution < -0.4 is 5.32 Å². The number of nitrogens with zero attached hydrogens (tertiary/aromatic N) is 1. The summed E-state index contributed by atoms with van der Waals surface area (Å²) in [5.41, 5.74) is 0. The normalized spacial score (nSPS) is 24.2. The Hall–Kier alpha value is -0.770. The third-order valence-corrected chi connectivity index (χ3v) is 4.01. The molecule has 0 aromatic carbocycles. The smallest absolute Gasteiger partial charge is 0.407 e. The molecule has 1 N–H and O–H groups in total. The average molecular weight is 270 g/mol. The first kappa shape index (κ1) is 16.3. The molecule has 1 aliphatic heterocycles. The number of unbranched alkanes of at least 4 members (excludes halogenated alkanes) is 2. The number of hydrogen-bond acceptors (Lipinski definition) is 3. The van der Waals surface area contributed by atoms with Gasteiger partial charge in [-0.25, -0.2) is 4.79 Å². The zero-order valence-electron chi connectivity index (χ0n) is 12.8. The summed E-state index contributed by atoms with van der Waals surface area (Å²) in [4.78, 5) is 13.7. The standard InChI is InChI=1S/C15H30N2O2/c1-4-19-15(18)16-11-6-5-7-12-17-13(2)9-8-10-14(17)3/h13-14H,4-12H2,1-3H3,(H,16,18)/t13-,14-/m0/s1. The highest BCUT2D eigenvalue weighted by Gasteiger charge is 2.23. The van der Waals surface area contributed by atoms with Gasteiger partial charge < -0.3 is 10.1 Å². The van der Waals surface area contributed by atoms with Crippen LogP contribution in [0.3, 0.4) is 0 Å². The third-order valence-electron chi connectivity index (χ3n) is 4.01. The van der Waals surface area contributed by atoms with E-state index in [-0.39, 0.29) is 6.09 Å². The first-order valence-electron chi connectivity index (χ1n) is 7.81. The second-order valence-electron chi connectivity index (χ2n) is 5.57. The van der Waals surface area contributed by atoms with Crippen molar-refractivity contribution in [2.45, 2.75) is 71.4 Å². The molecule has 1 heterocycles. The molecule has 1 saturated heterocycles. The molecule has 2 atom stereocenters. The minimum Gasteiger partial charge on any atom is -0.450 e. The summed E-state index contributed by atoms with van der Waals surface area (Å²) in [6, 6.07) is 1.47. The lowest BCUT2D eigenvalue weighted by Crippen LogP contribution is -2.44. The van der Waals surface area contributed by atoms with Gasteiger partial charge >= 0.3 is 6.09 Å². The molecule has 1 aliphatic rings. The van der Waals surface area contributed by atoms with Crippen LogP contribution in [0, 0.1) is 0 Å². The Morgan fingerprint density at radius 2 is 1.89 bits per heavy atom. The molecule has 0 unspecified atom stereocenters. The van der Waals surface area contributed by atoms with Crippen LogP contribution in [0.5, 0.6) is 0 Å². The molecule has 0 spiro atoms. The molecule has 1 fully saturated rings. The molecular weight excluding hydrogens is 240 g/mol. The van der Waals surface area contributed by atoms with Crippen molar-refractivity contribution in [1.82, 2.24) is 10.2 Å². The lowest BCUT2D eigenvalue weighted by molar-refractivity contribution is 0.101. The Kier molecular flexibility index (Phi) is 7.87. The Bertz CT molecular complexity index is 249. The van der Waals surface area contributed by atoms with E-state index < -0.39 is 0 Å².